The smallest absolute Gasteiger partial charge is 0.00650 e. The zero-order valence-electron chi connectivity index (χ0n) is 8.79. The molecule has 78 valence electrons. The molecule has 1 aliphatic rings. The number of rotatable bonds is 2. The van der Waals surface area contributed by atoms with Crippen molar-refractivity contribution in [2.24, 2.45) is 0 Å². The average molecular weight is 338 g/mol. The number of hydrogen-bond donors (Lipinski definition) is 0. The Hall–Kier alpha value is 0.633. The fraction of sp³-hybridized carbons (Fsp3) is 0.455. The van der Waals surface area contributed by atoms with E-state index < -0.39 is 0 Å². The molecule has 0 N–H and O–H groups in total. The van der Waals surface area contributed by atoms with Crippen molar-refractivity contribution in [1.82, 2.24) is 4.90 Å². The van der Waals surface area contributed by atoms with Gasteiger partial charge < -0.3 is 4.90 Å². The Morgan fingerprint density at radius 3 is 2.73 bits per heavy atom. The number of halogens is 1. The van der Waals surface area contributed by atoms with E-state index >= 15 is 0 Å². The summed E-state index contributed by atoms with van der Waals surface area (Å²) in [7, 11) is 0. The van der Waals surface area contributed by atoms with E-state index in [1.807, 2.05) is 6.07 Å². The predicted molar refractivity (Wildman–Crippen MR) is 66.8 cm³/mol. The maximum atomic E-state index is 3.12. The van der Waals surface area contributed by atoms with E-state index in [0.29, 0.717) is 0 Å². The van der Waals surface area contributed by atoms with E-state index in [1.54, 1.807) is 0 Å². The molecule has 0 aromatic heterocycles. The van der Waals surface area contributed by atoms with Crippen LogP contribution in [0.5, 0.6) is 0 Å². The summed E-state index contributed by atoms with van der Waals surface area (Å²) in [5.74, 6) is 2.58. The number of thioether (sulfide) groups is 1. The number of hydrogen-bond acceptors (Lipinski definition) is 2. The van der Waals surface area contributed by atoms with Crippen molar-refractivity contribution in [1.29, 1.82) is 0 Å². The van der Waals surface area contributed by atoms with Crippen LogP contribution < -0.4 is 0 Å². The minimum atomic E-state index is 1.10. The van der Waals surface area contributed by atoms with Gasteiger partial charge in [0, 0.05) is 24.6 Å². The Kier molecular flexibility index (Phi) is 7.99. The molecule has 4 heteroatoms. The van der Waals surface area contributed by atoms with E-state index in [0.717, 1.165) is 6.54 Å². The van der Waals surface area contributed by atoms with Crippen LogP contribution in [-0.2, 0) is 22.9 Å². The van der Waals surface area contributed by atoms with Crippen LogP contribution in [0.25, 0.3) is 0 Å². The van der Waals surface area contributed by atoms with E-state index in [-0.39, 0.29) is 0 Å². The Labute approximate surface area is 113 Å². The topological polar surface area (TPSA) is 3.24 Å². The molecular weight excluding hydrogens is 323 g/mol. The summed E-state index contributed by atoms with van der Waals surface area (Å²) in [6.45, 7) is 3.57. The second-order valence-electron chi connectivity index (χ2n) is 3.30. The quantitative estimate of drug-likeness (QED) is 0.603. The predicted octanol–water partition coefficient (Wildman–Crippen LogP) is 2.88. The minimum Gasteiger partial charge on any atom is -0.309 e. The molecule has 1 saturated heterocycles. The molecule has 0 unspecified atom stereocenters. The molecule has 0 saturated carbocycles. The summed E-state index contributed by atoms with van der Waals surface area (Å²) in [5, 5.41) is 0. The van der Waals surface area contributed by atoms with Gasteiger partial charge >= 0.3 is 30.0 Å². The maximum Gasteiger partial charge on any atom is 0.00650 e. The average Bonchev–Trinajstić information content (AvgIpc) is 2.34. The Balaban J connectivity index is 0.000000531. The van der Waals surface area contributed by atoms with Gasteiger partial charge in [0.15, 0.2) is 0 Å². The van der Waals surface area contributed by atoms with Crippen molar-refractivity contribution >= 4 is 25.4 Å². The first-order chi connectivity index (χ1) is 7.45. The Bertz CT molecular complexity index is 252. The molecular formula is C11H14BrNSZn. The summed E-state index contributed by atoms with van der Waals surface area (Å²) < 4.78 is 0. The van der Waals surface area contributed by atoms with Crippen molar-refractivity contribution in [2.45, 2.75) is 6.54 Å². The van der Waals surface area contributed by atoms with Gasteiger partial charge in [0.2, 0.25) is 0 Å². The van der Waals surface area contributed by atoms with Gasteiger partial charge in [0.05, 0.1) is 0 Å². The molecule has 0 spiro atoms. The van der Waals surface area contributed by atoms with Crippen LogP contribution in [0.15, 0.2) is 24.3 Å². The molecule has 1 fully saturated rings. The van der Waals surface area contributed by atoms with E-state index in [4.69, 9.17) is 0 Å². The van der Waals surface area contributed by atoms with Crippen LogP contribution in [0.4, 0.5) is 0 Å². The van der Waals surface area contributed by atoms with Gasteiger partial charge in [-0.25, -0.2) is 0 Å². The van der Waals surface area contributed by atoms with Gasteiger partial charge in [-0.05, 0) is 6.54 Å². The minimum absolute atomic E-state index is 1.10. The second-order valence-corrected chi connectivity index (χ2v) is 4.52. The van der Waals surface area contributed by atoms with E-state index in [1.165, 1.54) is 46.5 Å². The number of nitrogens with zero attached hydrogens (tertiary/aromatic N) is 1. The molecule has 1 nitrogen and oxygen atoms in total. The van der Waals surface area contributed by atoms with E-state index in [2.05, 4.69) is 54.6 Å². The molecule has 0 atom stereocenters. The summed E-state index contributed by atoms with van der Waals surface area (Å²) in [6, 6.07) is 11.4. The Morgan fingerprint density at radius 1 is 1.40 bits per heavy atom. The molecule has 0 amide bonds. The molecule has 1 heterocycles. The van der Waals surface area contributed by atoms with Crippen molar-refractivity contribution in [3.8, 4) is 0 Å². The van der Waals surface area contributed by atoms with Gasteiger partial charge in [-0.3, -0.25) is 0 Å². The molecule has 1 aromatic rings. The zero-order chi connectivity index (χ0) is 10.9. The maximum absolute atomic E-state index is 3.12. The largest absolute Gasteiger partial charge is 0.309 e. The van der Waals surface area contributed by atoms with Gasteiger partial charge in [-0.2, -0.15) is 42.1 Å². The van der Waals surface area contributed by atoms with Crippen molar-refractivity contribution in [2.75, 3.05) is 24.6 Å². The Morgan fingerprint density at radius 2 is 2.13 bits per heavy atom. The fourth-order valence-electron chi connectivity index (χ4n) is 1.55. The third-order valence-corrected chi connectivity index (χ3v) is 3.22. The molecule has 2 rings (SSSR count). The van der Waals surface area contributed by atoms with Crippen molar-refractivity contribution in [3.63, 3.8) is 0 Å². The van der Waals surface area contributed by atoms with Crippen LogP contribution in [0.3, 0.4) is 0 Å². The normalized spacial score (nSPS) is 16.7. The third-order valence-electron chi connectivity index (χ3n) is 2.28. The van der Waals surface area contributed by atoms with Crippen LogP contribution in [0, 0.1) is 6.07 Å². The van der Waals surface area contributed by atoms with Crippen molar-refractivity contribution in [3.05, 3.63) is 35.9 Å². The van der Waals surface area contributed by atoms with Crippen molar-refractivity contribution < 1.29 is 16.3 Å². The summed E-state index contributed by atoms with van der Waals surface area (Å²) >= 11 is 6.31. The molecule has 15 heavy (non-hydrogen) atoms. The molecule has 0 aliphatic carbocycles. The standard InChI is InChI=1S/C11H14NS.BrH.Zn/c1-2-4-11(5-3-1)10-12-6-8-13-9-7-12;;/h1-2,4-5H,6-10H2;1H;/q-1;;+2/p-1. The monoisotopic (exact) mass is 335 g/mol. The first kappa shape index (κ1) is 13.7. The first-order valence-corrected chi connectivity index (χ1v) is 13.1. The van der Waals surface area contributed by atoms with Gasteiger partial charge in [0.1, 0.15) is 0 Å². The summed E-state index contributed by atoms with van der Waals surface area (Å²) in [4.78, 5) is 2.51. The molecule has 0 radical (unpaired) electrons. The molecule has 0 bridgehead atoms. The summed E-state index contributed by atoms with van der Waals surface area (Å²) in [6.07, 6.45) is 0. The van der Waals surface area contributed by atoms with Gasteiger partial charge in [-0.15, -0.1) is 5.56 Å². The van der Waals surface area contributed by atoms with Crippen LogP contribution in [0.1, 0.15) is 5.56 Å². The van der Waals surface area contributed by atoms with Crippen LogP contribution >= 0.6 is 25.4 Å². The second kappa shape index (κ2) is 8.75. The zero-order valence-corrected chi connectivity index (χ0v) is 14.2. The SMILES string of the molecule is [Zn+][Br].[c-]1cccc(CN2CCSCC2)c1. The van der Waals surface area contributed by atoms with Gasteiger partial charge in [0.25, 0.3) is 0 Å². The summed E-state index contributed by atoms with van der Waals surface area (Å²) in [5.41, 5.74) is 1.38. The van der Waals surface area contributed by atoms with E-state index in [9.17, 15) is 0 Å². The fourth-order valence-corrected chi connectivity index (χ4v) is 2.53. The van der Waals surface area contributed by atoms with Crippen LogP contribution in [-0.4, -0.2) is 29.5 Å². The molecule has 1 aromatic carbocycles. The van der Waals surface area contributed by atoms with Crippen LogP contribution in [0.2, 0.25) is 0 Å². The molecule has 1 aliphatic heterocycles. The number of benzene rings is 1. The van der Waals surface area contributed by atoms with Gasteiger partial charge in [-0.1, -0.05) is 0 Å². The third kappa shape index (κ3) is 5.49. The first-order valence-electron chi connectivity index (χ1n) is 4.97.